The summed E-state index contributed by atoms with van der Waals surface area (Å²) in [6.45, 7) is 1.79. The maximum Gasteiger partial charge on any atom is 0.223 e. The molecule has 4 atom stereocenters. The molecule has 1 aliphatic carbocycles. The molecule has 0 aromatic heterocycles. The molecule has 1 aliphatic heterocycles. The van der Waals surface area contributed by atoms with Crippen LogP contribution in [-0.2, 0) is 14.3 Å². The van der Waals surface area contributed by atoms with Crippen molar-refractivity contribution in [2.24, 2.45) is 5.92 Å². The summed E-state index contributed by atoms with van der Waals surface area (Å²) in [5.74, 6) is 0.130. The molecule has 3 rings (SSSR count). The first-order valence-electron chi connectivity index (χ1n) is 9.47. The van der Waals surface area contributed by atoms with Crippen LogP contribution in [0.4, 0.5) is 0 Å². The predicted octanol–water partition coefficient (Wildman–Crippen LogP) is 1.69. The molecular weight excluding hydrogens is 332 g/mol. The molecule has 2 amide bonds. The van der Waals surface area contributed by atoms with Gasteiger partial charge in [-0.05, 0) is 38.2 Å². The lowest BCUT2D eigenvalue weighted by Gasteiger charge is -2.36. The van der Waals surface area contributed by atoms with Crippen molar-refractivity contribution in [2.45, 2.75) is 63.3 Å². The van der Waals surface area contributed by atoms with Gasteiger partial charge in [0.2, 0.25) is 11.8 Å². The minimum atomic E-state index is -0.448. The van der Waals surface area contributed by atoms with Gasteiger partial charge in [-0.1, -0.05) is 30.3 Å². The summed E-state index contributed by atoms with van der Waals surface area (Å²) < 4.78 is 5.88. The van der Waals surface area contributed by atoms with Crippen LogP contribution in [0.25, 0.3) is 0 Å². The van der Waals surface area contributed by atoms with E-state index in [1.165, 1.54) is 0 Å². The van der Waals surface area contributed by atoms with Crippen molar-refractivity contribution < 1.29 is 19.4 Å². The van der Waals surface area contributed by atoms with E-state index in [0.29, 0.717) is 6.42 Å². The van der Waals surface area contributed by atoms with Gasteiger partial charge in [-0.3, -0.25) is 9.59 Å². The van der Waals surface area contributed by atoms with Gasteiger partial charge in [-0.15, -0.1) is 0 Å². The third kappa shape index (κ3) is 5.05. The Morgan fingerprint density at radius 2 is 1.92 bits per heavy atom. The molecule has 0 spiro atoms. The van der Waals surface area contributed by atoms with Gasteiger partial charge in [0.15, 0.2) is 0 Å². The lowest BCUT2D eigenvalue weighted by atomic mass is 9.96. The smallest absolute Gasteiger partial charge is 0.223 e. The van der Waals surface area contributed by atoms with E-state index in [-0.39, 0.29) is 48.9 Å². The largest absolute Gasteiger partial charge is 0.394 e. The fraction of sp³-hybridized carbons (Fsp3) is 0.600. The molecule has 0 bridgehead atoms. The van der Waals surface area contributed by atoms with E-state index in [2.05, 4.69) is 10.6 Å². The molecule has 26 heavy (non-hydrogen) atoms. The second kappa shape index (κ2) is 8.64. The van der Waals surface area contributed by atoms with Gasteiger partial charge >= 0.3 is 0 Å². The number of carbonyl (C=O) groups is 2. The number of rotatable bonds is 7. The minimum absolute atomic E-state index is 0.0601. The summed E-state index contributed by atoms with van der Waals surface area (Å²) in [5, 5.41) is 15.6. The Balaban J connectivity index is 1.46. The molecule has 1 heterocycles. The fourth-order valence-corrected chi connectivity index (χ4v) is 3.43. The molecule has 2 fully saturated rings. The second-order valence-electron chi connectivity index (χ2n) is 7.35. The van der Waals surface area contributed by atoms with Crippen LogP contribution in [0.15, 0.2) is 30.3 Å². The van der Waals surface area contributed by atoms with Crippen molar-refractivity contribution in [1.82, 2.24) is 10.6 Å². The summed E-state index contributed by atoms with van der Waals surface area (Å²) in [6, 6.07) is 9.58. The zero-order chi connectivity index (χ0) is 18.5. The summed E-state index contributed by atoms with van der Waals surface area (Å²) in [5.41, 5.74) is 1.06. The van der Waals surface area contributed by atoms with Gasteiger partial charge in [-0.25, -0.2) is 0 Å². The van der Waals surface area contributed by atoms with Gasteiger partial charge < -0.3 is 20.5 Å². The average Bonchev–Trinajstić information content (AvgIpc) is 3.48. The lowest BCUT2D eigenvalue weighted by molar-refractivity contribution is -0.136. The van der Waals surface area contributed by atoms with E-state index in [0.717, 1.165) is 24.8 Å². The third-order valence-corrected chi connectivity index (χ3v) is 5.16. The van der Waals surface area contributed by atoms with E-state index in [9.17, 15) is 14.7 Å². The molecule has 142 valence electrons. The maximum absolute atomic E-state index is 12.3. The van der Waals surface area contributed by atoms with Crippen molar-refractivity contribution in [3.8, 4) is 0 Å². The van der Waals surface area contributed by atoms with Crippen molar-refractivity contribution >= 4 is 11.8 Å². The Morgan fingerprint density at radius 1 is 1.19 bits per heavy atom. The molecular formula is C20H28N2O4. The number of amides is 2. The highest BCUT2D eigenvalue weighted by atomic mass is 16.5. The third-order valence-electron chi connectivity index (χ3n) is 5.16. The Labute approximate surface area is 154 Å². The van der Waals surface area contributed by atoms with E-state index in [1.807, 2.05) is 37.3 Å². The number of aliphatic hydroxyl groups excluding tert-OH is 1. The van der Waals surface area contributed by atoms with E-state index >= 15 is 0 Å². The normalized spacial score (nSPS) is 26.8. The average molecular weight is 360 g/mol. The van der Waals surface area contributed by atoms with Gasteiger partial charge in [0.25, 0.3) is 0 Å². The number of hydrogen-bond donors (Lipinski definition) is 3. The van der Waals surface area contributed by atoms with Gasteiger partial charge in [0.1, 0.15) is 6.10 Å². The Bertz CT molecular complexity index is 617. The van der Waals surface area contributed by atoms with Gasteiger partial charge in [-0.2, -0.15) is 0 Å². The van der Waals surface area contributed by atoms with Crippen LogP contribution in [0.5, 0.6) is 0 Å². The number of hydrogen-bond acceptors (Lipinski definition) is 4. The molecule has 1 saturated heterocycles. The van der Waals surface area contributed by atoms with Crippen LogP contribution in [-0.4, -0.2) is 41.8 Å². The van der Waals surface area contributed by atoms with E-state index < -0.39 is 6.10 Å². The van der Waals surface area contributed by atoms with Crippen LogP contribution >= 0.6 is 0 Å². The quantitative estimate of drug-likeness (QED) is 0.690. The van der Waals surface area contributed by atoms with Crippen LogP contribution in [0, 0.1) is 5.92 Å². The van der Waals surface area contributed by atoms with Crippen LogP contribution in [0.1, 0.15) is 50.6 Å². The lowest BCUT2D eigenvalue weighted by Crippen LogP contribution is -2.51. The van der Waals surface area contributed by atoms with Crippen molar-refractivity contribution in [3.63, 3.8) is 0 Å². The Hall–Kier alpha value is -1.92. The van der Waals surface area contributed by atoms with Gasteiger partial charge in [0.05, 0.1) is 31.2 Å². The molecule has 6 nitrogen and oxygen atoms in total. The van der Waals surface area contributed by atoms with Crippen LogP contribution in [0.3, 0.4) is 0 Å². The highest BCUT2D eigenvalue weighted by Gasteiger charge is 2.36. The first-order valence-corrected chi connectivity index (χ1v) is 9.47. The summed E-state index contributed by atoms with van der Waals surface area (Å²) in [7, 11) is 0. The Kier molecular flexibility index (Phi) is 6.27. The number of benzene rings is 1. The fourth-order valence-electron chi connectivity index (χ4n) is 3.43. The number of carbonyl (C=O) groups excluding carboxylic acids is 2. The molecule has 0 unspecified atom stereocenters. The number of aliphatic hydroxyl groups is 1. The molecule has 3 N–H and O–H groups in total. The SMILES string of the molecule is C[C@H](NC(=O)C[C@@H]1CC[C@@H](NC(=O)C2CC2)[C@@H](CO)O1)c1ccccc1. The predicted molar refractivity (Wildman–Crippen MR) is 97.3 cm³/mol. The monoisotopic (exact) mass is 360 g/mol. The molecule has 0 radical (unpaired) electrons. The van der Waals surface area contributed by atoms with Crippen molar-refractivity contribution in [1.29, 1.82) is 0 Å². The maximum atomic E-state index is 12.3. The molecule has 6 heteroatoms. The van der Waals surface area contributed by atoms with Crippen LogP contribution in [0.2, 0.25) is 0 Å². The van der Waals surface area contributed by atoms with Crippen LogP contribution < -0.4 is 10.6 Å². The standard InChI is InChI=1S/C20H28N2O4/c1-13(14-5-3-2-4-6-14)21-19(24)11-16-9-10-17(18(12-23)26-16)22-20(25)15-7-8-15/h2-6,13,15-18,23H,7-12H2,1H3,(H,21,24)(H,22,25)/t13-,16-,17+,18+/m0/s1. The highest BCUT2D eigenvalue weighted by molar-refractivity contribution is 5.81. The van der Waals surface area contributed by atoms with Gasteiger partial charge in [0, 0.05) is 5.92 Å². The molecule has 2 aliphatic rings. The molecule has 1 saturated carbocycles. The summed E-state index contributed by atoms with van der Waals surface area (Å²) in [4.78, 5) is 24.3. The topological polar surface area (TPSA) is 87.7 Å². The number of ether oxygens (including phenoxy) is 1. The van der Waals surface area contributed by atoms with E-state index in [1.54, 1.807) is 0 Å². The summed E-state index contributed by atoms with van der Waals surface area (Å²) >= 11 is 0. The molecule has 1 aromatic rings. The first-order chi connectivity index (χ1) is 12.6. The molecule has 1 aromatic carbocycles. The second-order valence-corrected chi connectivity index (χ2v) is 7.35. The minimum Gasteiger partial charge on any atom is -0.394 e. The first kappa shape index (κ1) is 18.9. The summed E-state index contributed by atoms with van der Waals surface area (Å²) in [6.07, 6.45) is 2.89. The Morgan fingerprint density at radius 3 is 2.58 bits per heavy atom. The highest BCUT2D eigenvalue weighted by Crippen LogP contribution is 2.30. The zero-order valence-electron chi connectivity index (χ0n) is 15.2. The zero-order valence-corrected chi connectivity index (χ0v) is 15.2. The number of nitrogens with one attached hydrogen (secondary N) is 2. The van der Waals surface area contributed by atoms with E-state index in [4.69, 9.17) is 4.74 Å². The van der Waals surface area contributed by atoms with Crippen molar-refractivity contribution in [2.75, 3.05) is 6.61 Å². The van der Waals surface area contributed by atoms with Crippen molar-refractivity contribution in [3.05, 3.63) is 35.9 Å².